The van der Waals surface area contributed by atoms with Crippen LogP contribution >= 0.6 is 11.6 Å². The Hall–Kier alpha value is -2.28. The SMILES string of the molecule is CC(C)(C)OC(=O)NCC1CCN(C(=O)C2CC(=O)N(c3cccc(Cl)c3)C2)CC1. The first-order valence-electron chi connectivity index (χ1n) is 10.4. The second-order valence-electron chi connectivity index (χ2n) is 9.04. The topological polar surface area (TPSA) is 79.0 Å². The molecule has 0 aromatic heterocycles. The molecule has 0 bridgehead atoms. The lowest BCUT2D eigenvalue weighted by Gasteiger charge is -2.33. The van der Waals surface area contributed by atoms with Crippen LogP contribution in [0.1, 0.15) is 40.0 Å². The fourth-order valence-corrected chi connectivity index (χ4v) is 4.11. The summed E-state index contributed by atoms with van der Waals surface area (Å²) in [6, 6.07) is 7.14. The van der Waals surface area contributed by atoms with Crippen LogP contribution in [0.25, 0.3) is 0 Å². The molecule has 0 spiro atoms. The molecule has 1 atom stereocenters. The Morgan fingerprint density at radius 2 is 1.93 bits per heavy atom. The first-order valence-corrected chi connectivity index (χ1v) is 10.8. The van der Waals surface area contributed by atoms with Crippen molar-refractivity contribution in [1.29, 1.82) is 0 Å². The van der Waals surface area contributed by atoms with Gasteiger partial charge in [-0.25, -0.2) is 4.79 Å². The van der Waals surface area contributed by atoms with Gasteiger partial charge in [0.25, 0.3) is 0 Å². The number of ether oxygens (including phenoxy) is 1. The van der Waals surface area contributed by atoms with Gasteiger partial charge in [0.15, 0.2) is 0 Å². The zero-order valence-electron chi connectivity index (χ0n) is 17.8. The summed E-state index contributed by atoms with van der Waals surface area (Å²) in [6.07, 6.45) is 1.46. The van der Waals surface area contributed by atoms with Crippen LogP contribution in [0, 0.1) is 11.8 Å². The molecule has 1 N–H and O–H groups in total. The zero-order chi connectivity index (χ0) is 21.9. The largest absolute Gasteiger partial charge is 0.444 e. The number of halogens is 1. The summed E-state index contributed by atoms with van der Waals surface area (Å²) in [4.78, 5) is 40.7. The molecule has 7 nitrogen and oxygen atoms in total. The molecule has 2 saturated heterocycles. The summed E-state index contributed by atoms with van der Waals surface area (Å²) in [7, 11) is 0. The smallest absolute Gasteiger partial charge is 0.407 e. The third-order valence-electron chi connectivity index (χ3n) is 5.45. The van der Waals surface area contributed by atoms with E-state index >= 15 is 0 Å². The van der Waals surface area contributed by atoms with Crippen molar-refractivity contribution in [2.24, 2.45) is 11.8 Å². The fraction of sp³-hybridized carbons (Fsp3) is 0.591. The predicted molar refractivity (Wildman–Crippen MR) is 115 cm³/mol. The van der Waals surface area contributed by atoms with Gasteiger partial charge in [0, 0.05) is 43.3 Å². The number of rotatable bonds is 4. The van der Waals surface area contributed by atoms with E-state index in [4.69, 9.17) is 16.3 Å². The lowest BCUT2D eigenvalue weighted by atomic mass is 9.95. The minimum atomic E-state index is -0.516. The van der Waals surface area contributed by atoms with Crippen molar-refractivity contribution in [3.63, 3.8) is 0 Å². The summed E-state index contributed by atoms with van der Waals surface area (Å²) in [5.74, 6) is -0.0267. The highest BCUT2D eigenvalue weighted by molar-refractivity contribution is 6.31. The number of carbonyl (C=O) groups is 3. The van der Waals surface area contributed by atoms with E-state index in [0.717, 1.165) is 18.5 Å². The lowest BCUT2D eigenvalue weighted by Crippen LogP contribution is -2.44. The molecule has 1 aromatic carbocycles. The number of carbonyl (C=O) groups excluding carboxylic acids is 3. The minimum absolute atomic E-state index is 0.0337. The van der Waals surface area contributed by atoms with Crippen molar-refractivity contribution in [2.45, 2.75) is 45.6 Å². The second kappa shape index (κ2) is 9.25. The maximum atomic E-state index is 13.0. The van der Waals surface area contributed by atoms with Crippen LogP contribution < -0.4 is 10.2 Å². The molecule has 0 saturated carbocycles. The van der Waals surface area contributed by atoms with E-state index in [1.807, 2.05) is 31.7 Å². The van der Waals surface area contributed by atoms with Gasteiger partial charge in [-0.15, -0.1) is 0 Å². The van der Waals surface area contributed by atoms with Crippen molar-refractivity contribution in [1.82, 2.24) is 10.2 Å². The molecular weight excluding hydrogens is 406 g/mol. The van der Waals surface area contributed by atoms with Crippen LogP contribution in [0.4, 0.5) is 10.5 Å². The van der Waals surface area contributed by atoms with Crippen molar-refractivity contribution in [3.8, 4) is 0 Å². The van der Waals surface area contributed by atoms with Gasteiger partial charge < -0.3 is 19.9 Å². The summed E-state index contributed by atoms with van der Waals surface area (Å²) in [6.45, 7) is 7.70. The van der Waals surface area contributed by atoms with Crippen LogP contribution in [0.5, 0.6) is 0 Å². The zero-order valence-corrected chi connectivity index (χ0v) is 18.6. The Bertz CT molecular complexity index is 800. The van der Waals surface area contributed by atoms with E-state index in [2.05, 4.69) is 5.32 Å². The highest BCUT2D eigenvalue weighted by atomic mass is 35.5. The lowest BCUT2D eigenvalue weighted by molar-refractivity contribution is -0.137. The summed E-state index contributed by atoms with van der Waals surface area (Å²) < 4.78 is 5.26. The van der Waals surface area contributed by atoms with Crippen molar-refractivity contribution < 1.29 is 19.1 Å². The van der Waals surface area contributed by atoms with Crippen molar-refractivity contribution in [2.75, 3.05) is 31.1 Å². The van der Waals surface area contributed by atoms with Gasteiger partial charge in [-0.1, -0.05) is 17.7 Å². The third-order valence-corrected chi connectivity index (χ3v) is 5.69. The van der Waals surface area contributed by atoms with Gasteiger partial charge in [0.2, 0.25) is 11.8 Å². The van der Waals surface area contributed by atoms with E-state index in [0.29, 0.717) is 37.1 Å². The average Bonchev–Trinajstić information content (AvgIpc) is 3.06. The highest BCUT2D eigenvalue weighted by Gasteiger charge is 2.38. The van der Waals surface area contributed by atoms with E-state index < -0.39 is 11.7 Å². The number of amides is 3. The number of hydrogen-bond donors (Lipinski definition) is 1. The van der Waals surface area contributed by atoms with Crippen LogP contribution in [0.2, 0.25) is 5.02 Å². The maximum Gasteiger partial charge on any atom is 0.407 e. The molecule has 30 heavy (non-hydrogen) atoms. The van der Waals surface area contributed by atoms with Crippen LogP contribution in [-0.4, -0.2) is 54.6 Å². The molecule has 8 heteroatoms. The number of nitrogens with one attached hydrogen (secondary N) is 1. The monoisotopic (exact) mass is 435 g/mol. The number of hydrogen-bond acceptors (Lipinski definition) is 4. The Balaban J connectivity index is 1.46. The van der Waals surface area contributed by atoms with Crippen LogP contribution in [0.15, 0.2) is 24.3 Å². The summed E-state index contributed by atoms with van der Waals surface area (Å²) in [5, 5.41) is 3.38. The van der Waals surface area contributed by atoms with Gasteiger partial charge >= 0.3 is 6.09 Å². The highest BCUT2D eigenvalue weighted by Crippen LogP contribution is 2.29. The Morgan fingerprint density at radius 3 is 2.57 bits per heavy atom. The molecule has 2 heterocycles. The third kappa shape index (κ3) is 5.88. The summed E-state index contributed by atoms with van der Waals surface area (Å²) in [5.41, 5.74) is 0.215. The van der Waals surface area contributed by atoms with Gasteiger partial charge in [-0.3, -0.25) is 9.59 Å². The fourth-order valence-electron chi connectivity index (χ4n) is 3.92. The van der Waals surface area contributed by atoms with E-state index in [1.165, 1.54) is 0 Å². The first kappa shape index (κ1) is 22.4. The molecule has 1 unspecified atom stereocenters. The molecule has 164 valence electrons. The minimum Gasteiger partial charge on any atom is -0.444 e. The van der Waals surface area contributed by atoms with Crippen LogP contribution in [0.3, 0.4) is 0 Å². The van der Waals surface area contributed by atoms with E-state index in [1.54, 1.807) is 23.1 Å². The van der Waals surface area contributed by atoms with Crippen LogP contribution in [-0.2, 0) is 14.3 Å². The predicted octanol–water partition coefficient (Wildman–Crippen LogP) is 3.46. The molecule has 0 radical (unpaired) electrons. The Kier molecular flexibility index (Phi) is 6.91. The molecule has 2 fully saturated rings. The Labute approximate surface area is 182 Å². The number of piperidine rings is 1. The first-order chi connectivity index (χ1) is 14.1. The van der Waals surface area contributed by atoms with Gasteiger partial charge in [0.1, 0.15) is 5.60 Å². The van der Waals surface area contributed by atoms with Gasteiger partial charge in [0.05, 0.1) is 5.92 Å². The second-order valence-corrected chi connectivity index (χ2v) is 9.47. The van der Waals surface area contributed by atoms with Crippen molar-refractivity contribution >= 4 is 35.2 Å². The average molecular weight is 436 g/mol. The van der Waals surface area contributed by atoms with Gasteiger partial charge in [-0.05, 0) is 57.7 Å². The summed E-state index contributed by atoms with van der Waals surface area (Å²) >= 11 is 6.03. The maximum absolute atomic E-state index is 13.0. The normalized spacial score (nSPS) is 20.4. The molecule has 3 amide bonds. The molecule has 2 aliphatic rings. The number of benzene rings is 1. The number of likely N-dealkylation sites (tertiary alicyclic amines) is 1. The van der Waals surface area contributed by atoms with Gasteiger partial charge in [-0.2, -0.15) is 0 Å². The Morgan fingerprint density at radius 1 is 1.23 bits per heavy atom. The molecule has 0 aliphatic carbocycles. The number of nitrogens with zero attached hydrogens (tertiary/aromatic N) is 2. The number of alkyl carbamates (subject to hydrolysis) is 1. The quantitative estimate of drug-likeness (QED) is 0.785. The van der Waals surface area contributed by atoms with Crippen molar-refractivity contribution in [3.05, 3.63) is 29.3 Å². The van der Waals surface area contributed by atoms with E-state index in [-0.39, 0.29) is 24.2 Å². The molecule has 3 rings (SSSR count). The molecular formula is C22H30ClN3O4. The molecule has 1 aromatic rings. The van der Waals surface area contributed by atoms with E-state index in [9.17, 15) is 14.4 Å². The molecule has 2 aliphatic heterocycles. The number of anilines is 1. The standard InChI is InChI=1S/C22H30ClN3O4/c1-22(2,3)30-21(29)24-13-15-7-9-25(10-8-15)20(28)16-11-19(27)26(14-16)18-6-4-5-17(23)12-18/h4-6,12,15-16H,7-11,13-14H2,1-3H3,(H,24,29).